The van der Waals surface area contributed by atoms with Gasteiger partial charge >= 0.3 is 0 Å². The van der Waals surface area contributed by atoms with Gasteiger partial charge in [0, 0.05) is 18.7 Å². The second kappa shape index (κ2) is 6.87. The van der Waals surface area contributed by atoms with Crippen molar-refractivity contribution >= 4 is 5.78 Å². The summed E-state index contributed by atoms with van der Waals surface area (Å²) in [6.07, 6.45) is 6.40. The zero-order chi connectivity index (χ0) is 12.7. The number of hydrogen-bond acceptors (Lipinski definition) is 3. The first-order valence-electron chi connectivity index (χ1n) is 5.92. The van der Waals surface area contributed by atoms with Crippen molar-refractivity contribution in [1.82, 2.24) is 15.1 Å². The predicted molar refractivity (Wildman–Crippen MR) is 67.7 cm³/mol. The van der Waals surface area contributed by atoms with Crippen molar-refractivity contribution in [3.8, 4) is 12.3 Å². The third-order valence-corrected chi connectivity index (χ3v) is 2.50. The van der Waals surface area contributed by atoms with Crippen LogP contribution in [-0.2, 0) is 24.2 Å². The van der Waals surface area contributed by atoms with Crippen molar-refractivity contribution in [2.45, 2.75) is 33.2 Å². The first-order valence-corrected chi connectivity index (χ1v) is 5.92. The van der Waals surface area contributed by atoms with Crippen molar-refractivity contribution in [3.63, 3.8) is 0 Å². The van der Waals surface area contributed by atoms with Crippen molar-refractivity contribution in [2.24, 2.45) is 0 Å². The topological polar surface area (TPSA) is 46.9 Å². The molecule has 0 amide bonds. The molecular formula is C13H19N3O. The number of terminal acetylenes is 1. The first-order chi connectivity index (χ1) is 8.21. The molecule has 0 aromatic carbocycles. The van der Waals surface area contributed by atoms with Crippen LogP contribution >= 0.6 is 0 Å². The molecule has 0 bridgehead atoms. The lowest BCUT2D eigenvalue weighted by Gasteiger charge is -2.04. The molecule has 0 spiro atoms. The third kappa shape index (κ3) is 4.04. The Hall–Kier alpha value is -1.60. The standard InChI is InChI=1S/C13H19N3O/c1-4-7-14-10-13(17)9-12-8-11(5-2)15-16(12)6-3/h1,8,14H,5-7,9-10H2,2-3H3. The SMILES string of the molecule is C#CCNCC(=O)Cc1cc(CC)nn1CC. The molecule has 4 heteroatoms. The second-order valence-corrected chi connectivity index (χ2v) is 3.82. The van der Waals surface area contributed by atoms with Crippen LogP contribution in [0.1, 0.15) is 25.2 Å². The fraction of sp³-hybridized carbons (Fsp3) is 0.538. The number of rotatable bonds is 7. The zero-order valence-corrected chi connectivity index (χ0v) is 10.5. The minimum atomic E-state index is 0.137. The van der Waals surface area contributed by atoms with Crippen LogP contribution in [0, 0.1) is 12.3 Å². The highest BCUT2D eigenvalue weighted by Gasteiger charge is 2.09. The largest absolute Gasteiger partial charge is 0.299 e. The van der Waals surface area contributed by atoms with Gasteiger partial charge in [-0.1, -0.05) is 12.8 Å². The molecule has 0 radical (unpaired) electrons. The van der Waals surface area contributed by atoms with Crippen molar-refractivity contribution in [3.05, 3.63) is 17.5 Å². The molecular weight excluding hydrogens is 214 g/mol. The van der Waals surface area contributed by atoms with Gasteiger partial charge in [0.25, 0.3) is 0 Å². The summed E-state index contributed by atoms with van der Waals surface area (Å²) >= 11 is 0. The van der Waals surface area contributed by atoms with E-state index >= 15 is 0 Å². The summed E-state index contributed by atoms with van der Waals surface area (Å²) < 4.78 is 1.89. The van der Waals surface area contributed by atoms with E-state index in [2.05, 4.69) is 23.3 Å². The van der Waals surface area contributed by atoms with E-state index in [1.54, 1.807) is 0 Å². The molecule has 1 aromatic rings. The van der Waals surface area contributed by atoms with Gasteiger partial charge in [0.2, 0.25) is 0 Å². The van der Waals surface area contributed by atoms with Gasteiger partial charge in [0.1, 0.15) is 0 Å². The van der Waals surface area contributed by atoms with Crippen LogP contribution < -0.4 is 5.32 Å². The maximum absolute atomic E-state index is 11.7. The molecule has 92 valence electrons. The number of ketones is 1. The van der Waals surface area contributed by atoms with Crippen LogP contribution in [0.2, 0.25) is 0 Å². The normalized spacial score (nSPS) is 10.2. The number of nitrogens with one attached hydrogen (secondary N) is 1. The molecule has 0 fully saturated rings. The van der Waals surface area contributed by atoms with E-state index < -0.39 is 0 Å². The van der Waals surface area contributed by atoms with Crippen molar-refractivity contribution in [2.75, 3.05) is 13.1 Å². The molecule has 0 atom stereocenters. The average Bonchev–Trinajstić information content (AvgIpc) is 2.71. The molecule has 1 heterocycles. The quantitative estimate of drug-likeness (QED) is 0.560. The van der Waals surface area contributed by atoms with Crippen LogP contribution in [0.25, 0.3) is 0 Å². The summed E-state index contributed by atoms with van der Waals surface area (Å²) in [5.74, 6) is 2.58. The number of hydrogen-bond donors (Lipinski definition) is 1. The van der Waals surface area contributed by atoms with Gasteiger partial charge in [-0.15, -0.1) is 6.42 Å². The lowest BCUT2D eigenvalue weighted by Crippen LogP contribution is -2.25. The Morgan fingerprint density at radius 3 is 2.94 bits per heavy atom. The Morgan fingerprint density at radius 1 is 1.59 bits per heavy atom. The van der Waals surface area contributed by atoms with Crippen molar-refractivity contribution < 1.29 is 4.79 Å². The Morgan fingerprint density at radius 2 is 2.35 bits per heavy atom. The molecule has 1 N–H and O–H groups in total. The molecule has 0 saturated carbocycles. The van der Waals surface area contributed by atoms with E-state index in [1.165, 1.54) is 0 Å². The summed E-state index contributed by atoms with van der Waals surface area (Å²) in [4.78, 5) is 11.7. The first kappa shape index (κ1) is 13.5. The van der Waals surface area contributed by atoms with Crippen LogP contribution in [-0.4, -0.2) is 28.7 Å². The highest BCUT2D eigenvalue weighted by molar-refractivity contribution is 5.82. The van der Waals surface area contributed by atoms with Crippen molar-refractivity contribution in [1.29, 1.82) is 0 Å². The fourth-order valence-corrected chi connectivity index (χ4v) is 1.64. The monoisotopic (exact) mass is 233 g/mol. The van der Waals surface area contributed by atoms with Gasteiger partial charge in [-0.2, -0.15) is 5.10 Å². The Balaban J connectivity index is 2.58. The van der Waals surface area contributed by atoms with Crippen LogP contribution in [0.5, 0.6) is 0 Å². The number of carbonyl (C=O) groups excluding carboxylic acids is 1. The molecule has 0 aliphatic heterocycles. The maximum Gasteiger partial charge on any atom is 0.152 e. The van der Waals surface area contributed by atoms with Crippen LogP contribution in [0.4, 0.5) is 0 Å². The van der Waals surface area contributed by atoms with Gasteiger partial charge in [0.05, 0.1) is 18.8 Å². The summed E-state index contributed by atoms with van der Waals surface area (Å²) in [5, 5.41) is 7.31. The minimum absolute atomic E-state index is 0.137. The van der Waals surface area contributed by atoms with E-state index in [-0.39, 0.29) is 5.78 Å². The molecule has 0 aliphatic carbocycles. The summed E-state index contributed by atoms with van der Waals surface area (Å²) in [6.45, 7) is 5.62. The highest BCUT2D eigenvalue weighted by Crippen LogP contribution is 2.06. The fourth-order valence-electron chi connectivity index (χ4n) is 1.64. The zero-order valence-electron chi connectivity index (χ0n) is 10.5. The number of aryl methyl sites for hydroxylation is 2. The van der Waals surface area contributed by atoms with Gasteiger partial charge in [-0.25, -0.2) is 0 Å². The smallest absolute Gasteiger partial charge is 0.152 e. The molecule has 4 nitrogen and oxygen atoms in total. The maximum atomic E-state index is 11.7. The molecule has 1 aromatic heterocycles. The summed E-state index contributed by atoms with van der Waals surface area (Å²) in [5.41, 5.74) is 2.02. The van der Waals surface area contributed by atoms with Gasteiger partial charge in [-0.3, -0.25) is 14.8 Å². The van der Waals surface area contributed by atoms with Crippen LogP contribution in [0.3, 0.4) is 0 Å². The van der Waals surface area contributed by atoms with Gasteiger partial charge < -0.3 is 0 Å². The van der Waals surface area contributed by atoms with E-state index in [9.17, 15) is 4.79 Å². The highest BCUT2D eigenvalue weighted by atomic mass is 16.1. The van der Waals surface area contributed by atoms with Gasteiger partial charge in [-0.05, 0) is 19.4 Å². The summed E-state index contributed by atoms with van der Waals surface area (Å²) in [6, 6.07) is 2.00. The molecule has 1 rings (SSSR count). The number of Topliss-reactive ketones (excluding diaryl/α,β-unsaturated/α-hetero) is 1. The molecule has 0 aliphatic rings. The third-order valence-electron chi connectivity index (χ3n) is 2.50. The second-order valence-electron chi connectivity index (χ2n) is 3.82. The average molecular weight is 233 g/mol. The summed E-state index contributed by atoms with van der Waals surface area (Å²) in [7, 11) is 0. The molecule has 0 saturated heterocycles. The lowest BCUT2D eigenvalue weighted by atomic mass is 10.2. The lowest BCUT2D eigenvalue weighted by molar-refractivity contribution is -0.117. The van der Waals surface area contributed by atoms with E-state index in [1.807, 2.05) is 17.7 Å². The molecule has 17 heavy (non-hydrogen) atoms. The van der Waals surface area contributed by atoms with E-state index in [0.29, 0.717) is 19.5 Å². The minimum Gasteiger partial charge on any atom is -0.299 e. The van der Waals surface area contributed by atoms with Gasteiger partial charge in [0.15, 0.2) is 5.78 Å². The Labute approximate surface area is 102 Å². The number of aromatic nitrogens is 2. The number of carbonyl (C=O) groups is 1. The Bertz CT molecular complexity index is 415. The Kier molecular flexibility index (Phi) is 5.44. The number of nitrogens with zero attached hydrogens (tertiary/aromatic N) is 2. The molecule has 0 unspecified atom stereocenters. The van der Waals surface area contributed by atoms with E-state index in [4.69, 9.17) is 6.42 Å². The van der Waals surface area contributed by atoms with E-state index in [0.717, 1.165) is 24.4 Å². The van der Waals surface area contributed by atoms with Crippen LogP contribution in [0.15, 0.2) is 6.07 Å². The predicted octanol–water partition coefficient (Wildman–Crippen LogP) is 0.800.